The highest BCUT2D eigenvalue weighted by Crippen LogP contribution is 2.14. The Balaban J connectivity index is 1.40. The molecule has 0 heterocycles. The minimum Gasteiger partial charge on any atom is -0.490 e. The molecule has 0 aliphatic heterocycles. The smallest absolute Gasteiger partial charge is 0.307 e. The minimum absolute atomic E-state index is 0.0389. The van der Waals surface area contributed by atoms with E-state index in [1.165, 1.54) is 0 Å². The third kappa shape index (κ3) is 10.6. The lowest BCUT2D eigenvalue weighted by Crippen LogP contribution is -2.00. The summed E-state index contributed by atoms with van der Waals surface area (Å²) >= 11 is 0. The molecule has 0 aliphatic rings. The average molecular weight is 507 g/mol. The lowest BCUT2D eigenvalue weighted by Gasteiger charge is -2.04. The second-order valence-electron chi connectivity index (χ2n) is 7.98. The second kappa shape index (κ2) is 15.0. The minimum atomic E-state index is -0.879. The van der Waals surface area contributed by atoms with Crippen LogP contribution in [-0.4, -0.2) is 35.4 Å². The highest BCUT2D eigenvalue weighted by atomic mass is 16.5. The van der Waals surface area contributed by atoms with Gasteiger partial charge >= 0.3 is 11.9 Å². The predicted molar refractivity (Wildman–Crippen MR) is 145 cm³/mol. The van der Waals surface area contributed by atoms with Crippen LogP contribution in [0.25, 0.3) is 0 Å². The molecule has 6 nitrogen and oxygen atoms in total. The van der Waals surface area contributed by atoms with Crippen molar-refractivity contribution in [3.63, 3.8) is 0 Å². The lowest BCUT2D eigenvalue weighted by molar-refractivity contribution is -0.137. The Hall–Kier alpha value is -5.20. The van der Waals surface area contributed by atoms with E-state index in [1.54, 1.807) is 72.8 Å². The van der Waals surface area contributed by atoms with Crippen molar-refractivity contribution < 1.29 is 29.3 Å². The van der Waals surface area contributed by atoms with E-state index in [4.69, 9.17) is 19.7 Å². The number of hydrogen-bond donors (Lipinski definition) is 2. The average Bonchev–Trinajstić information content (AvgIpc) is 2.88. The van der Waals surface area contributed by atoms with E-state index in [1.807, 2.05) is 24.3 Å². The van der Waals surface area contributed by atoms with E-state index in [-0.39, 0.29) is 12.8 Å². The van der Waals surface area contributed by atoms with Crippen molar-refractivity contribution in [1.29, 1.82) is 0 Å². The normalized spacial score (nSPS) is 10.3. The fourth-order valence-corrected chi connectivity index (χ4v) is 3.23. The van der Waals surface area contributed by atoms with Crippen molar-refractivity contribution in [2.75, 3.05) is 13.2 Å². The summed E-state index contributed by atoms with van der Waals surface area (Å²) in [5.41, 5.74) is 3.09. The standard InChI is InChI=1S/C32H26O6/c33-31(34)23-27-11-7-13-29(21-27)37-19-5-1-3-9-25-15-17-26(18-16-25)10-4-2-6-20-38-30-14-8-12-28(22-30)24-32(35)36/h1-2,5-8,11-18,21-22H,19-20,23-24H2,(H,33,34)(H,35,36)/b5-1+,6-2+. The second-order valence-corrected chi connectivity index (χ2v) is 7.98. The first-order valence-corrected chi connectivity index (χ1v) is 11.8. The molecule has 3 aromatic rings. The summed E-state index contributed by atoms with van der Waals surface area (Å²) in [5, 5.41) is 17.7. The summed E-state index contributed by atoms with van der Waals surface area (Å²) < 4.78 is 11.2. The summed E-state index contributed by atoms with van der Waals surface area (Å²) in [4.78, 5) is 21.6. The van der Waals surface area contributed by atoms with E-state index < -0.39 is 11.9 Å². The maximum absolute atomic E-state index is 10.8. The highest BCUT2D eigenvalue weighted by molar-refractivity contribution is 5.70. The van der Waals surface area contributed by atoms with Crippen LogP contribution in [0.4, 0.5) is 0 Å². The SMILES string of the molecule is O=C(O)Cc1cccc(OC/C=C/C#Cc2ccc(C#C/C=C/COc3cccc(CC(=O)O)c3)cc2)c1. The summed E-state index contributed by atoms with van der Waals surface area (Å²) in [7, 11) is 0. The van der Waals surface area contributed by atoms with Crippen LogP contribution in [-0.2, 0) is 22.4 Å². The Kier molecular flexibility index (Phi) is 10.8. The molecule has 3 aromatic carbocycles. The van der Waals surface area contributed by atoms with Gasteiger partial charge in [0.2, 0.25) is 0 Å². The van der Waals surface area contributed by atoms with Gasteiger partial charge in [0.15, 0.2) is 0 Å². The number of aliphatic carboxylic acids is 2. The van der Waals surface area contributed by atoms with Crippen molar-refractivity contribution in [2.24, 2.45) is 0 Å². The number of benzene rings is 3. The van der Waals surface area contributed by atoms with Crippen LogP contribution in [0.1, 0.15) is 22.3 Å². The van der Waals surface area contributed by atoms with Crippen LogP contribution in [0.2, 0.25) is 0 Å². The van der Waals surface area contributed by atoms with Crippen LogP contribution >= 0.6 is 0 Å². The molecule has 0 aromatic heterocycles. The Morgan fingerprint density at radius 2 is 1.08 bits per heavy atom. The number of allylic oxidation sites excluding steroid dienone is 2. The van der Waals surface area contributed by atoms with Gasteiger partial charge in [0.25, 0.3) is 0 Å². The molecular formula is C32H26O6. The van der Waals surface area contributed by atoms with Crippen molar-refractivity contribution in [3.05, 3.63) is 119 Å². The third-order valence-corrected chi connectivity index (χ3v) is 4.92. The topological polar surface area (TPSA) is 93.1 Å². The zero-order valence-corrected chi connectivity index (χ0v) is 20.6. The molecule has 6 heteroatoms. The Morgan fingerprint density at radius 1 is 0.658 bits per heavy atom. The molecule has 190 valence electrons. The Bertz CT molecular complexity index is 1320. The molecule has 0 bridgehead atoms. The van der Waals surface area contributed by atoms with Gasteiger partial charge in [-0.05, 0) is 84.0 Å². The maximum Gasteiger partial charge on any atom is 0.307 e. The maximum atomic E-state index is 10.8. The van der Waals surface area contributed by atoms with Crippen LogP contribution < -0.4 is 9.47 Å². The summed E-state index contributed by atoms with van der Waals surface area (Å²) in [5.74, 6) is 11.5. The zero-order valence-electron chi connectivity index (χ0n) is 20.6. The molecule has 0 fully saturated rings. The fraction of sp³-hybridized carbons (Fsp3) is 0.125. The first-order valence-electron chi connectivity index (χ1n) is 11.8. The molecule has 0 saturated carbocycles. The summed E-state index contributed by atoms with van der Waals surface area (Å²) in [6, 6.07) is 21.6. The largest absolute Gasteiger partial charge is 0.490 e. The Labute approximate surface area is 221 Å². The molecule has 0 aliphatic carbocycles. The molecule has 0 amide bonds. The van der Waals surface area contributed by atoms with Gasteiger partial charge in [-0.3, -0.25) is 9.59 Å². The van der Waals surface area contributed by atoms with Crippen LogP contribution in [0.5, 0.6) is 11.5 Å². The molecular weight excluding hydrogens is 480 g/mol. The van der Waals surface area contributed by atoms with Gasteiger partial charge in [-0.25, -0.2) is 0 Å². The lowest BCUT2D eigenvalue weighted by atomic mass is 10.1. The first-order chi connectivity index (χ1) is 18.5. The van der Waals surface area contributed by atoms with Gasteiger partial charge < -0.3 is 19.7 Å². The molecule has 3 rings (SSSR count). The van der Waals surface area contributed by atoms with Crippen molar-refractivity contribution in [3.8, 4) is 35.2 Å². The van der Waals surface area contributed by atoms with Gasteiger partial charge in [-0.15, -0.1) is 0 Å². The van der Waals surface area contributed by atoms with Crippen molar-refractivity contribution in [1.82, 2.24) is 0 Å². The number of hydrogen-bond acceptors (Lipinski definition) is 4. The van der Waals surface area contributed by atoms with E-state index in [9.17, 15) is 9.59 Å². The molecule has 0 spiro atoms. The molecule has 2 N–H and O–H groups in total. The number of ether oxygens (including phenoxy) is 2. The van der Waals surface area contributed by atoms with E-state index in [0.717, 1.165) is 11.1 Å². The van der Waals surface area contributed by atoms with Crippen LogP contribution in [0.15, 0.2) is 97.1 Å². The number of carboxylic acid groups (broad SMARTS) is 2. The van der Waals surface area contributed by atoms with Crippen molar-refractivity contribution in [2.45, 2.75) is 12.8 Å². The summed E-state index contributed by atoms with van der Waals surface area (Å²) in [6.45, 7) is 0.658. The first kappa shape index (κ1) is 27.4. The van der Waals surface area contributed by atoms with Gasteiger partial charge in [0.05, 0.1) is 12.8 Å². The number of carboxylic acids is 2. The monoisotopic (exact) mass is 506 g/mol. The predicted octanol–water partition coefficient (Wildman–Crippen LogP) is 4.91. The van der Waals surface area contributed by atoms with Gasteiger partial charge in [0, 0.05) is 11.1 Å². The molecule has 0 saturated heterocycles. The quantitative estimate of drug-likeness (QED) is 0.380. The zero-order chi connectivity index (χ0) is 27.0. The number of rotatable bonds is 10. The van der Waals surface area contributed by atoms with E-state index in [2.05, 4.69) is 23.7 Å². The van der Waals surface area contributed by atoms with E-state index in [0.29, 0.717) is 35.8 Å². The molecule has 0 atom stereocenters. The van der Waals surface area contributed by atoms with Crippen LogP contribution in [0, 0.1) is 23.7 Å². The van der Waals surface area contributed by atoms with Gasteiger partial charge in [-0.1, -0.05) is 47.9 Å². The molecule has 0 radical (unpaired) electrons. The third-order valence-electron chi connectivity index (χ3n) is 4.92. The van der Waals surface area contributed by atoms with Gasteiger partial charge in [-0.2, -0.15) is 0 Å². The van der Waals surface area contributed by atoms with Crippen LogP contribution in [0.3, 0.4) is 0 Å². The number of carbonyl (C=O) groups is 2. The summed E-state index contributed by atoms with van der Waals surface area (Å²) in [6.07, 6.45) is 6.93. The highest BCUT2D eigenvalue weighted by Gasteiger charge is 2.02. The van der Waals surface area contributed by atoms with Gasteiger partial charge in [0.1, 0.15) is 24.7 Å². The van der Waals surface area contributed by atoms with Crippen molar-refractivity contribution >= 4 is 11.9 Å². The Morgan fingerprint density at radius 3 is 1.47 bits per heavy atom. The fourth-order valence-electron chi connectivity index (χ4n) is 3.23. The molecule has 0 unspecified atom stereocenters. The molecule has 38 heavy (non-hydrogen) atoms. The van der Waals surface area contributed by atoms with E-state index >= 15 is 0 Å².